The Morgan fingerprint density at radius 3 is 2.46 bits per heavy atom. The van der Waals surface area contributed by atoms with E-state index in [-0.39, 0.29) is 10.6 Å². The molecule has 6 heteroatoms. The molecule has 0 saturated carbocycles. The molecule has 0 spiro atoms. The quantitative estimate of drug-likeness (QED) is 0.575. The minimum Gasteiger partial charge on any atom is -0.399 e. The van der Waals surface area contributed by atoms with E-state index in [1.54, 1.807) is 6.07 Å². The van der Waals surface area contributed by atoms with E-state index in [1.165, 1.54) is 19.2 Å². The van der Waals surface area contributed by atoms with Gasteiger partial charge in [-0.2, -0.15) is 0 Å². The Morgan fingerprint density at radius 2 is 1.92 bits per heavy atom. The molecule has 1 aromatic rings. The Morgan fingerprint density at radius 1 is 1.31 bits per heavy atom. The summed E-state index contributed by atoms with van der Waals surface area (Å²) in [5.41, 5.74) is 11.5. The smallest absolute Gasteiger partial charge is 0.242 e. The van der Waals surface area contributed by atoms with Gasteiger partial charge in [0.1, 0.15) is 4.90 Å². The summed E-state index contributed by atoms with van der Waals surface area (Å²) in [5.74, 6) is 0. The van der Waals surface area contributed by atoms with Gasteiger partial charge >= 0.3 is 0 Å². The van der Waals surface area contributed by atoms with E-state index in [0.29, 0.717) is 5.69 Å². The van der Waals surface area contributed by atoms with Crippen LogP contribution in [0.1, 0.15) is 0 Å². The zero-order valence-electron chi connectivity index (χ0n) is 7.11. The maximum absolute atomic E-state index is 11.3. The van der Waals surface area contributed by atoms with E-state index < -0.39 is 10.0 Å². The van der Waals surface area contributed by atoms with Gasteiger partial charge < -0.3 is 11.5 Å². The van der Waals surface area contributed by atoms with Gasteiger partial charge in [-0.05, 0) is 25.2 Å². The lowest BCUT2D eigenvalue weighted by molar-refractivity contribution is 0.588. The lowest BCUT2D eigenvalue weighted by Crippen LogP contribution is -2.20. The van der Waals surface area contributed by atoms with Crippen molar-refractivity contribution in [3.63, 3.8) is 0 Å². The first-order chi connectivity index (χ1) is 5.97. The minimum absolute atomic E-state index is 0.00926. The lowest BCUT2D eigenvalue weighted by atomic mass is 10.3. The number of hydrogen-bond acceptors (Lipinski definition) is 4. The summed E-state index contributed by atoms with van der Waals surface area (Å²) in [5, 5.41) is 0. The molecule has 0 aliphatic rings. The Bertz CT molecular complexity index is 414. The van der Waals surface area contributed by atoms with Crippen molar-refractivity contribution in [1.29, 1.82) is 0 Å². The molecule has 5 nitrogen and oxygen atoms in total. The molecule has 72 valence electrons. The summed E-state index contributed by atoms with van der Waals surface area (Å²) in [6, 6.07) is 4.32. The highest BCUT2D eigenvalue weighted by Gasteiger charge is 2.14. The summed E-state index contributed by atoms with van der Waals surface area (Å²) < 4.78 is 24.8. The van der Waals surface area contributed by atoms with E-state index in [4.69, 9.17) is 11.5 Å². The first-order valence-corrected chi connectivity index (χ1v) is 5.04. The molecule has 0 heterocycles. The summed E-state index contributed by atoms with van der Waals surface area (Å²) in [4.78, 5) is 0.00926. The van der Waals surface area contributed by atoms with E-state index in [9.17, 15) is 8.42 Å². The second kappa shape index (κ2) is 3.23. The average molecular weight is 201 g/mol. The molecular weight excluding hydrogens is 190 g/mol. The number of nitrogen functional groups attached to an aromatic ring is 2. The van der Waals surface area contributed by atoms with Crippen LogP contribution in [0.4, 0.5) is 11.4 Å². The van der Waals surface area contributed by atoms with Crippen molar-refractivity contribution in [2.24, 2.45) is 0 Å². The normalized spacial score (nSPS) is 11.5. The summed E-state index contributed by atoms with van der Waals surface area (Å²) in [6.45, 7) is 0. The standard InChI is InChI=1S/C7H11N3O2S/c1-10-13(11,12)7-4-5(8)2-3-6(7)9/h2-4,10H,8-9H2,1H3. The molecule has 13 heavy (non-hydrogen) atoms. The molecule has 0 aromatic heterocycles. The monoisotopic (exact) mass is 201 g/mol. The van der Waals surface area contributed by atoms with E-state index in [2.05, 4.69) is 4.72 Å². The number of nitrogens with two attached hydrogens (primary N) is 2. The number of anilines is 2. The van der Waals surface area contributed by atoms with E-state index in [0.717, 1.165) is 0 Å². The molecule has 1 rings (SSSR count). The number of hydrogen-bond donors (Lipinski definition) is 3. The Kier molecular flexibility index (Phi) is 2.44. The van der Waals surface area contributed by atoms with Crippen molar-refractivity contribution in [3.8, 4) is 0 Å². The van der Waals surface area contributed by atoms with Crippen LogP contribution < -0.4 is 16.2 Å². The van der Waals surface area contributed by atoms with Crippen molar-refractivity contribution >= 4 is 21.4 Å². The van der Waals surface area contributed by atoms with Gasteiger partial charge in [0.15, 0.2) is 0 Å². The molecule has 0 aliphatic carbocycles. The largest absolute Gasteiger partial charge is 0.399 e. The summed E-state index contributed by atoms with van der Waals surface area (Å²) in [7, 11) is -2.19. The fourth-order valence-electron chi connectivity index (χ4n) is 0.894. The fourth-order valence-corrected chi connectivity index (χ4v) is 1.78. The van der Waals surface area contributed by atoms with Gasteiger partial charge in [-0.25, -0.2) is 13.1 Å². The Balaban J connectivity index is 3.38. The number of nitrogens with one attached hydrogen (secondary N) is 1. The zero-order valence-corrected chi connectivity index (χ0v) is 7.93. The molecule has 0 atom stereocenters. The third-order valence-corrected chi connectivity index (χ3v) is 3.07. The van der Waals surface area contributed by atoms with Crippen molar-refractivity contribution < 1.29 is 8.42 Å². The van der Waals surface area contributed by atoms with Gasteiger partial charge in [-0.1, -0.05) is 0 Å². The minimum atomic E-state index is -3.51. The Hall–Kier alpha value is -1.27. The SMILES string of the molecule is CNS(=O)(=O)c1cc(N)ccc1N. The zero-order chi connectivity index (χ0) is 10.1. The number of benzene rings is 1. The van der Waals surface area contributed by atoms with Crippen LogP contribution in [0.5, 0.6) is 0 Å². The molecular formula is C7H11N3O2S. The van der Waals surface area contributed by atoms with Crippen LogP contribution in [0.25, 0.3) is 0 Å². The summed E-state index contributed by atoms with van der Waals surface area (Å²) >= 11 is 0. The van der Waals surface area contributed by atoms with Crippen LogP contribution in [0.2, 0.25) is 0 Å². The maximum atomic E-state index is 11.3. The molecule has 0 radical (unpaired) electrons. The average Bonchev–Trinajstić information content (AvgIpc) is 2.09. The molecule has 1 aromatic carbocycles. The first-order valence-electron chi connectivity index (χ1n) is 3.56. The maximum Gasteiger partial charge on any atom is 0.242 e. The first kappa shape index (κ1) is 9.82. The van der Waals surface area contributed by atoms with Gasteiger partial charge in [0.2, 0.25) is 10.0 Å². The summed E-state index contributed by atoms with van der Waals surface area (Å²) in [6.07, 6.45) is 0. The molecule has 0 aliphatic heterocycles. The number of sulfonamides is 1. The highest BCUT2D eigenvalue weighted by atomic mass is 32.2. The van der Waals surface area contributed by atoms with Crippen molar-refractivity contribution in [3.05, 3.63) is 18.2 Å². The predicted molar refractivity (Wildman–Crippen MR) is 51.5 cm³/mol. The number of rotatable bonds is 2. The third-order valence-electron chi connectivity index (χ3n) is 1.60. The van der Waals surface area contributed by atoms with Gasteiger partial charge in [-0.15, -0.1) is 0 Å². The van der Waals surface area contributed by atoms with Crippen LogP contribution in [-0.4, -0.2) is 15.5 Å². The van der Waals surface area contributed by atoms with Crippen LogP contribution >= 0.6 is 0 Å². The fraction of sp³-hybridized carbons (Fsp3) is 0.143. The van der Waals surface area contributed by atoms with Gasteiger partial charge in [0.25, 0.3) is 0 Å². The molecule has 0 unspecified atom stereocenters. The third kappa shape index (κ3) is 1.90. The highest BCUT2D eigenvalue weighted by molar-refractivity contribution is 7.89. The molecule has 0 bridgehead atoms. The predicted octanol–water partition coefficient (Wildman–Crippen LogP) is -0.241. The Labute approximate surface area is 76.8 Å². The second-order valence-electron chi connectivity index (χ2n) is 2.50. The van der Waals surface area contributed by atoms with Crippen molar-refractivity contribution in [1.82, 2.24) is 4.72 Å². The lowest BCUT2D eigenvalue weighted by Gasteiger charge is -2.06. The highest BCUT2D eigenvalue weighted by Crippen LogP contribution is 2.20. The van der Waals surface area contributed by atoms with Gasteiger partial charge in [0.05, 0.1) is 5.69 Å². The molecule has 5 N–H and O–H groups in total. The van der Waals surface area contributed by atoms with Crippen LogP contribution in [0.15, 0.2) is 23.1 Å². The van der Waals surface area contributed by atoms with Crippen molar-refractivity contribution in [2.75, 3.05) is 18.5 Å². The van der Waals surface area contributed by atoms with Gasteiger partial charge in [0, 0.05) is 5.69 Å². The van der Waals surface area contributed by atoms with E-state index in [1.807, 2.05) is 0 Å². The molecule has 0 fully saturated rings. The van der Waals surface area contributed by atoms with Crippen LogP contribution in [0, 0.1) is 0 Å². The molecule has 0 saturated heterocycles. The van der Waals surface area contributed by atoms with Crippen LogP contribution in [-0.2, 0) is 10.0 Å². The van der Waals surface area contributed by atoms with Crippen molar-refractivity contribution in [2.45, 2.75) is 4.90 Å². The van der Waals surface area contributed by atoms with Crippen LogP contribution in [0.3, 0.4) is 0 Å². The molecule has 0 amide bonds. The van der Waals surface area contributed by atoms with E-state index >= 15 is 0 Å². The van der Waals surface area contributed by atoms with Gasteiger partial charge in [-0.3, -0.25) is 0 Å². The second-order valence-corrected chi connectivity index (χ2v) is 4.36. The topological polar surface area (TPSA) is 98.2 Å².